The maximum atomic E-state index is 12.2. The van der Waals surface area contributed by atoms with E-state index >= 15 is 0 Å². The van der Waals surface area contributed by atoms with Crippen molar-refractivity contribution >= 4 is 17.7 Å². The second-order valence-electron chi connectivity index (χ2n) is 6.66. The molecule has 0 aliphatic carbocycles. The second kappa shape index (κ2) is 10.1. The molecule has 28 heavy (non-hydrogen) atoms. The largest absolute Gasteiger partial charge is 0.461 e. The molecule has 0 bridgehead atoms. The van der Waals surface area contributed by atoms with Gasteiger partial charge in [-0.15, -0.1) is 10.2 Å². The summed E-state index contributed by atoms with van der Waals surface area (Å²) in [5.41, 5.74) is 2.08. The van der Waals surface area contributed by atoms with E-state index in [0.29, 0.717) is 22.5 Å². The predicted octanol–water partition coefficient (Wildman–Crippen LogP) is 4.62. The van der Waals surface area contributed by atoms with Crippen molar-refractivity contribution in [2.75, 3.05) is 12.3 Å². The minimum absolute atomic E-state index is 0.0137. The summed E-state index contributed by atoms with van der Waals surface area (Å²) in [6.45, 7) is 4.94. The van der Waals surface area contributed by atoms with E-state index in [2.05, 4.69) is 28.5 Å². The fraction of sp³-hybridized carbons (Fsp3) is 0.381. The van der Waals surface area contributed by atoms with Gasteiger partial charge >= 0.3 is 0 Å². The van der Waals surface area contributed by atoms with Crippen molar-refractivity contribution in [3.63, 3.8) is 0 Å². The van der Waals surface area contributed by atoms with Crippen LogP contribution in [0.2, 0.25) is 0 Å². The van der Waals surface area contributed by atoms with Gasteiger partial charge in [-0.1, -0.05) is 50.1 Å². The van der Waals surface area contributed by atoms with Gasteiger partial charge in [-0.25, -0.2) is 0 Å². The van der Waals surface area contributed by atoms with E-state index in [1.165, 1.54) is 24.6 Å². The molecule has 3 aromatic rings. The molecule has 0 aliphatic rings. The van der Waals surface area contributed by atoms with Crippen molar-refractivity contribution in [1.29, 1.82) is 0 Å². The molecule has 0 saturated carbocycles. The molecule has 6 nitrogen and oxygen atoms in total. The number of hydrogen-bond donors (Lipinski definition) is 1. The van der Waals surface area contributed by atoms with Gasteiger partial charge in [0.15, 0.2) is 10.9 Å². The molecule has 1 amide bonds. The quantitative estimate of drug-likeness (QED) is 0.398. The Hall–Kier alpha value is -2.54. The third-order valence-electron chi connectivity index (χ3n) is 4.32. The maximum absolute atomic E-state index is 12.2. The lowest BCUT2D eigenvalue weighted by Crippen LogP contribution is -2.26. The van der Waals surface area contributed by atoms with Crippen LogP contribution in [-0.2, 0) is 4.79 Å². The van der Waals surface area contributed by atoms with Crippen LogP contribution in [0.25, 0.3) is 17.3 Å². The topological polar surface area (TPSA) is 73.0 Å². The molecule has 3 rings (SSSR count). The highest BCUT2D eigenvalue weighted by atomic mass is 32.2. The average Bonchev–Trinajstić information content (AvgIpc) is 3.35. The minimum Gasteiger partial charge on any atom is -0.461 e. The number of aryl methyl sites for hydroxylation is 1. The van der Waals surface area contributed by atoms with Crippen LogP contribution < -0.4 is 5.32 Å². The zero-order chi connectivity index (χ0) is 19.8. The standard InChI is InChI=1S/C21H26N4O2S/c1-3-4-5-6-12-22-19(26)15-28-21-24-23-20(18-11-8-13-27-18)25(21)17-10-7-9-16(2)14-17/h7-11,13-14H,3-6,12,15H2,1-2H3,(H,22,26). The molecule has 2 heterocycles. The fourth-order valence-electron chi connectivity index (χ4n) is 2.89. The lowest BCUT2D eigenvalue weighted by atomic mass is 10.2. The Kier molecular flexibility index (Phi) is 7.31. The van der Waals surface area contributed by atoms with Crippen LogP contribution in [0.1, 0.15) is 38.2 Å². The molecular formula is C21H26N4O2S. The molecule has 1 N–H and O–H groups in total. The number of nitrogens with zero attached hydrogens (tertiary/aromatic N) is 3. The molecule has 0 aliphatic heterocycles. The first-order valence-corrected chi connectivity index (χ1v) is 10.6. The van der Waals surface area contributed by atoms with Gasteiger partial charge in [-0.3, -0.25) is 9.36 Å². The molecule has 148 valence electrons. The van der Waals surface area contributed by atoms with E-state index < -0.39 is 0 Å². The number of thioether (sulfide) groups is 1. The zero-order valence-electron chi connectivity index (χ0n) is 16.4. The highest BCUT2D eigenvalue weighted by molar-refractivity contribution is 7.99. The molecule has 0 radical (unpaired) electrons. The Labute approximate surface area is 169 Å². The molecule has 1 aromatic carbocycles. The summed E-state index contributed by atoms with van der Waals surface area (Å²) in [5.74, 6) is 1.58. The van der Waals surface area contributed by atoms with Gasteiger partial charge in [0.25, 0.3) is 0 Å². The number of aromatic nitrogens is 3. The maximum Gasteiger partial charge on any atom is 0.230 e. The lowest BCUT2D eigenvalue weighted by Gasteiger charge is -2.10. The van der Waals surface area contributed by atoms with E-state index in [1.807, 2.05) is 41.8 Å². The van der Waals surface area contributed by atoms with E-state index in [0.717, 1.165) is 30.6 Å². The summed E-state index contributed by atoms with van der Waals surface area (Å²) in [6, 6.07) is 11.8. The van der Waals surface area contributed by atoms with Crippen molar-refractivity contribution in [2.24, 2.45) is 0 Å². The lowest BCUT2D eigenvalue weighted by molar-refractivity contribution is -0.118. The third kappa shape index (κ3) is 5.25. The Morgan fingerprint density at radius 1 is 1.18 bits per heavy atom. The van der Waals surface area contributed by atoms with Crippen molar-refractivity contribution < 1.29 is 9.21 Å². The number of benzene rings is 1. The SMILES string of the molecule is CCCCCCNC(=O)CSc1nnc(-c2ccco2)n1-c1cccc(C)c1. The highest BCUT2D eigenvalue weighted by Gasteiger charge is 2.19. The average molecular weight is 399 g/mol. The summed E-state index contributed by atoms with van der Waals surface area (Å²) >= 11 is 1.38. The number of carbonyl (C=O) groups excluding carboxylic acids is 1. The van der Waals surface area contributed by atoms with Crippen molar-refractivity contribution in [1.82, 2.24) is 20.1 Å². The Morgan fingerprint density at radius 2 is 2.07 bits per heavy atom. The Morgan fingerprint density at radius 3 is 2.82 bits per heavy atom. The molecular weight excluding hydrogens is 372 g/mol. The normalized spacial score (nSPS) is 10.9. The summed E-state index contributed by atoms with van der Waals surface area (Å²) in [7, 11) is 0. The first kappa shape index (κ1) is 20.2. The smallest absolute Gasteiger partial charge is 0.230 e. The number of furan rings is 1. The zero-order valence-corrected chi connectivity index (χ0v) is 17.2. The summed E-state index contributed by atoms with van der Waals surface area (Å²) in [4.78, 5) is 12.2. The number of unbranched alkanes of at least 4 members (excludes halogenated alkanes) is 3. The number of rotatable bonds is 10. The molecule has 0 fully saturated rings. The molecule has 0 spiro atoms. The van der Waals surface area contributed by atoms with Crippen LogP contribution >= 0.6 is 11.8 Å². The third-order valence-corrected chi connectivity index (χ3v) is 5.25. The minimum atomic E-state index is 0.0137. The summed E-state index contributed by atoms with van der Waals surface area (Å²) in [5, 5.41) is 12.3. The van der Waals surface area contributed by atoms with E-state index in [1.54, 1.807) is 6.26 Å². The summed E-state index contributed by atoms with van der Waals surface area (Å²) < 4.78 is 7.46. The van der Waals surface area contributed by atoms with Crippen LogP contribution in [-0.4, -0.2) is 33.0 Å². The molecule has 0 unspecified atom stereocenters. The van der Waals surface area contributed by atoms with Gasteiger partial charge < -0.3 is 9.73 Å². The van der Waals surface area contributed by atoms with Crippen molar-refractivity contribution in [2.45, 2.75) is 44.7 Å². The molecule has 2 aromatic heterocycles. The second-order valence-corrected chi connectivity index (χ2v) is 7.60. The number of carbonyl (C=O) groups is 1. The van der Waals surface area contributed by atoms with Gasteiger partial charge in [0, 0.05) is 6.54 Å². The van der Waals surface area contributed by atoms with Crippen molar-refractivity contribution in [3.05, 3.63) is 48.2 Å². The highest BCUT2D eigenvalue weighted by Crippen LogP contribution is 2.28. The van der Waals surface area contributed by atoms with Gasteiger partial charge in [0.2, 0.25) is 11.7 Å². The molecule has 0 atom stereocenters. The van der Waals surface area contributed by atoms with Gasteiger partial charge in [-0.05, 0) is 43.2 Å². The van der Waals surface area contributed by atoms with Gasteiger partial charge in [0.05, 0.1) is 17.7 Å². The van der Waals surface area contributed by atoms with Gasteiger partial charge in [-0.2, -0.15) is 0 Å². The monoisotopic (exact) mass is 398 g/mol. The first-order valence-electron chi connectivity index (χ1n) is 9.65. The van der Waals surface area contributed by atoms with Gasteiger partial charge in [0.1, 0.15) is 0 Å². The van der Waals surface area contributed by atoms with Crippen molar-refractivity contribution in [3.8, 4) is 17.3 Å². The van der Waals surface area contributed by atoms with E-state index in [4.69, 9.17) is 4.42 Å². The fourth-order valence-corrected chi connectivity index (χ4v) is 3.67. The Bertz CT molecular complexity index is 890. The van der Waals surface area contributed by atoms with E-state index in [9.17, 15) is 4.79 Å². The van der Waals surface area contributed by atoms with Crippen LogP contribution in [0.5, 0.6) is 0 Å². The molecule has 7 heteroatoms. The van der Waals surface area contributed by atoms with Crippen LogP contribution in [0.4, 0.5) is 0 Å². The molecule has 0 saturated heterocycles. The predicted molar refractivity (Wildman–Crippen MR) is 112 cm³/mol. The van der Waals surface area contributed by atoms with Crippen LogP contribution in [0, 0.1) is 6.92 Å². The summed E-state index contributed by atoms with van der Waals surface area (Å²) in [6.07, 6.45) is 6.18. The van der Waals surface area contributed by atoms with E-state index in [-0.39, 0.29) is 5.91 Å². The number of hydrogen-bond acceptors (Lipinski definition) is 5. The number of nitrogens with one attached hydrogen (secondary N) is 1. The van der Waals surface area contributed by atoms with Crippen LogP contribution in [0.15, 0.2) is 52.2 Å². The van der Waals surface area contributed by atoms with Crippen LogP contribution in [0.3, 0.4) is 0 Å². The first-order chi connectivity index (χ1) is 13.7. The Balaban J connectivity index is 1.72. The number of amides is 1.